The molecule has 0 amide bonds. The van der Waals surface area contributed by atoms with Crippen molar-refractivity contribution < 1.29 is 0 Å². The molecule has 2 aliphatic heterocycles. The number of nitrogens with zero attached hydrogens (tertiary/aromatic N) is 3. The Kier molecular flexibility index (Phi) is 5.79. The number of aromatic nitrogens is 1. The summed E-state index contributed by atoms with van der Waals surface area (Å²) in [6, 6.07) is 46.5. The molecule has 5 aromatic carbocycles. The predicted molar refractivity (Wildman–Crippen MR) is 190 cm³/mol. The molecule has 6 aromatic rings. The van der Waals surface area contributed by atoms with E-state index in [9.17, 15) is 0 Å². The van der Waals surface area contributed by atoms with Crippen LogP contribution in [0, 0.1) is 0 Å². The molecule has 3 nitrogen and oxygen atoms in total. The number of hydrogen-bond donors (Lipinski definition) is 0. The summed E-state index contributed by atoms with van der Waals surface area (Å²) in [5, 5.41) is 1.23. The third-order valence-corrected chi connectivity index (χ3v) is 9.48. The Morgan fingerprint density at radius 3 is 1.71 bits per heavy atom. The lowest BCUT2D eigenvalue weighted by molar-refractivity contribution is 0.718. The number of para-hydroxylation sites is 4. The smallest absolute Gasteiger partial charge is 0.0847 e. The molecule has 0 fully saturated rings. The zero-order valence-corrected chi connectivity index (χ0v) is 24.8. The van der Waals surface area contributed by atoms with Gasteiger partial charge in [0.2, 0.25) is 0 Å². The first-order chi connectivity index (χ1) is 22.3. The summed E-state index contributed by atoms with van der Waals surface area (Å²) < 4.78 is 2.29. The minimum Gasteiger partial charge on any atom is -0.331 e. The van der Waals surface area contributed by atoms with E-state index in [1.807, 2.05) is 12.2 Å². The Balaban J connectivity index is 1.18. The molecule has 1 aromatic heterocycles. The maximum atomic E-state index is 3.86. The lowest BCUT2D eigenvalue weighted by atomic mass is 9.85. The van der Waals surface area contributed by atoms with Gasteiger partial charge >= 0.3 is 0 Å². The third kappa shape index (κ3) is 3.84. The Hall–Kier alpha value is -5.80. The van der Waals surface area contributed by atoms with Gasteiger partial charge in [0.25, 0.3) is 0 Å². The van der Waals surface area contributed by atoms with E-state index in [2.05, 4.69) is 173 Å². The molecular formula is C42H31N3. The minimum absolute atomic E-state index is 0.115. The van der Waals surface area contributed by atoms with Crippen molar-refractivity contribution in [1.29, 1.82) is 0 Å². The van der Waals surface area contributed by atoms with Crippen LogP contribution in [0.4, 0.5) is 22.7 Å². The summed E-state index contributed by atoms with van der Waals surface area (Å²) in [5.74, 6) is 0. The molecule has 2 atom stereocenters. The fourth-order valence-electron chi connectivity index (χ4n) is 7.62. The highest BCUT2D eigenvalue weighted by Crippen LogP contribution is 2.56. The van der Waals surface area contributed by atoms with Crippen molar-refractivity contribution in [3.8, 4) is 5.69 Å². The second-order valence-corrected chi connectivity index (χ2v) is 11.8. The molecule has 45 heavy (non-hydrogen) atoms. The van der Waals surface area contributed by atoms with Crippen molar-refractivity contribution >= 4 is 50.9 Å². The normalized spacial score (nSPS) is 18.0. The van der Waals surface area contributed by atoms with Gasteiger partial charge in [0, 0.05) is 56.7 Å². The van der Waals surface area contributed by atoms with Crippen LogP contribution in [0.15, 0.2) is 164 Å². The summed E-state index contributed by atoms with van der Waals surface area (Å²) in [6.45, 7) is 3.86. The van der Waals surface area contributed by atoms with E-state index in [0.717, 1.165) is 5.69 Å². The van der Waals surface area contributed by atoms with Gasteiger partial charge in [0.1, 0.15) is 0 Å². The van der Waals surface area contributed by atoms with E-state index >= 15 is 0 Å². The van der Waals surface area contributed by atoms with Crippen LogP contribution in [0.3, 0.4) is 0 Å². The van der Waals surface area contributed by atoms with Crippen molar-refractivity contribution in [3.63, 3.8) is 0 Å². The van der Waals surface area contributed by atoms with Crippen LogP contribution < -0.4 is 9.80 Å². The molecule has 0 saturated heterocycles. The molecule has 3 aliphatic rings. The Bertz CT molecular complexity index is 2200. The lowest BCUT2D eigenvalue weighted by Gasteiger charge is -2.40. The van der Waals surface area contributed by atoms with Gasteiger partial charge in [-0.15, -0.1) is 0 Å². The number of hydrogen-bond acceptors (Lipinski definition) is 2. The number of benzene rings is 5. The Morgan fingerprint density at radius 1 is 0.533 bits per heavy atom. The van der Waals surface area contributed by atoms with E-state index in [1.165, 1.54) is 61.5 Å². The first kappa shape index (κ1) is 25.7. The van der Waals surface area contributed by atoms with Crippen LogP contribution in [0.5, 0.6) is 0 Å². The average Bonchev–Trinajstić information content (AvgIpc) is 3.76. The fourth-order valence-corrected chi connectivity index (χ4v) is 7.62. The second-order valence-electron chi connectivity index (χ2n) is 11.8. The van der Waals surface area contributed by atoms with Gasteiger partial charge in [-0.1, -0.05) is 110 Å². The van der Waals surface area contributed by atoms with Crippen LogP contribution >= 0.6 is 0 Å². The van der Waals surface area contributed by atoms with Crippen molar-refractivity contribution in [1.82, 2.24) is 4.57 Å². The average molecular weight is 578 g/mol. The molecule has 9 rings (SSSR count). The zero-order chi connectivity index (χ0) is 29.9. The minimum atomic E-state index is 0.115. The fraction of sp³-hybridized carbons (Fsp3) is 0.0476. The third-order valence-electron chi connectivity index (χ3n) is 9.48. The summed E-state index contributed by atoms with van der Waals surface area (Å²) >= 11 is 0. The van der Waals surface area contributed by atoms with Gasteiger partial charge < -0.3 is 14.4 Å². The van der Waals surface area contributed by atoms with Crippen molar-refractivity contribution in [2.75, 3.05) is 9.80 Å². The van der Waals surface area contributed by atoms with E-state index < -0.39 is 0 Å². The first-order valence-corrected chi connectivity index (χ1v) is 15.6. The molecule has 0 N–H and O–H groups in total. The highest BCUT2D eigenvalue weighted by Gasteiger charge is 2.49. The number of rotatable bonds is 5. The molecule has 0 spiro atoms. The van der Waals surface area contributed by atoms with Gasteiger partial charge in [-0.2, -0.15) is 0 Å². The number of fused-ring (bicyclic) bond motifs is 8. The van der Waals surface area contributed by atoms with Crippen molar-refractivity contribution in [2.24, 2.45) is 0 Å². The summed E-state index contributed by atoms with van der Waals surface area (Å²) in [4.78, 5) is 5.12. The first-order valence-electron chi connectivity index (χ1n) is 15.6. The van der Waals surface area contributed by atoms with E-state index in [4.69, 9.17) is 0 Å². The molecule has 0 bridgehead atoms. The Morgan fingerprint density at radius 2 is 1.07 bits per heavy atom. The SMILES string of the molecule is C=CC=Cc1cn(-c2ccc(N3c4ccccc4C4=CC=C5c6ccccc6N(c6ccccc6)C5C43)cc2)c2ccccc12. The topological polar surface area (TPSA) is 11.4 Å². The van der Waals surface area contributed by atoms with E-state index in [-0.39, 0.29) is 12.1 Å². The molecule has 214 valence electrons. The van der Waals surface area contributed by atoms with Gasteiger partial charge in [0.15, 0.2) is 0 Å². The van der Waals surface area contributed by atoms with Gasteiger partial charge in [0.05, 0.1) is 17.6 Å². The van der Waals surface area contributed by atoms with Crippen LogP contribution in [0.1, 0.15) is 16.7 Å². The highest BCUT2D eigenvalue weighted by atomic mass is 15.3. The number of anilines is 4. The van der Waals surface area contributed by atoms with Crippen LogP contribution in [-0.4, -0.2) is 16.7 Å². The molecule has 3 heteroatoms. The molecular weight excluding hydrogens is 546 g/mol. The predicted octanol–water partition coefficient (Wildman–Crippen LogP) is 10.4. The standard InChI is InChI=1S/C42H31N3/c1-2-3-13-29-28-43(38-19-10-7-16-33(29)38)30-22-24-32(25-23-30)45-40-21-12-9-18-35(40)37-27-26-36-34-17-8-11-20-39(34)44(41(36)42(37)45)31-14-5-4-6-15-31/h2-28,41-42H,1H2. The molecule has 1 aliphatic carbocycles. The quantitative estimate of drug-likeness (QED) is 0.189. The van der Waals surface area contributed by atoms with Crippen molar-refractivity contribution in [3.05, 3.63) is 181 Å². The highest BCUT2D eigenvalue weighted by molar-refractivity contribution is 6.03. The summed E-state index contributed by atoms with van der Waals surface area (Å²) in [6.07, 6.45) is 12.9. The van der Waals surface area contributed by atoms with E-state index in [0.29, 0.717) is 0 Å². The van der Waals surface area contributed by atoms with Crippen LogP contribution in [0.25, 0.3) is 33.8 Å². The maximum Gasteiger partial charge on any atom is 0.0847 e. The van der Waals surface area contributed by atoms with Gasteiger partial charge in [-0.3, -0.25) is 0 Å². The van der Waals surface area contributed by atoms with Crippen LogP contribution in [-0.2, 0) is 0 Å². The van der Waals surface area contributed by atoms with Crippen LogP contribution in [0.2, 0.25) is 0 Å². The summed E-state index contributed by atoms with van der Waals surface area (Å²) in [7, 11) is 0. The monoisotopic (exact) mass is 577 g/mol. The Labute approximate surface area is 263 Å². The molecule has 0 saturated carbocycles. The van der Waals surface area contributed by atoms with Gasteiger partial charge in [-0.05, 0) is 65.7 Å². The second kappa shape index (κ2) is 10.1. The zero-order valence-electron chi connectivity index (χ0n) is 24.8. The largest absolute Gasteiger partial charge is 0.331 e. The summed E-state index contributed by atoms with van der Waals surface area (Å²) in [5.41, 5.74) is 13.8. The molecule has 3 heterocycles. The van der Waals surface area contributed by atoms with Crippen molar-refractivity contribution in [2.45, 2.75) is 12.1 Å². The number of allylic oxidation sites excluding steroid dienone is 4. The lowest BCUT2D eigenvalue weighted by Crippen LogP contribution is -2.46. The molecule has 0 radical (unpaired) electrons. The molecule has 2 unspecified atom stereocenters. The van der Waals surface area contributed by atoms with Gasteiger partial charge in [-0.25, -0.2) is 0 Å². The van der Waals surface area contributed by atoms with E-state index in [1.54, 1.807) is 0 Å². The maximum absolute atomic E-state index is 3.86.